The molecule has 0 saturated carbocycles. The highest BCUT2D eigenvalue weighted by Crippen LogP contribution is 2.37. The van der Waals surface area contributed by atoms with E-state index < -0.39 is 29.4 Å². The minimum atomic E-state index is -4.82. The molecule has 2 N–H and O–H groups in total. The molecule has 1 rings (SSSR count). The smallest absolute Gasteiger partial charge is 0.330 e. The standard InChI is InChI=1S/C11H11F6N/c1-6(5-18)7-2-8(10(12,13)14)4-9(3-7)11(15,16)17/h2-4,6H,5,18H2,1H3. The van der Waals surface area contributed by atoms with Crippen molar-refractivity contribution in [3.63, 3.8) is 0 Å². The van der Waals surface area contributed by atoms with Gasteiger partial charge in [0.15, 0.2) is 0 Å². The largest absolute Gasteiger partial charge is 0.416 e. The van der Waals surface area contributed by atoms with Crippen molar-refractivity contribution in [2.45, 2.75) is 25.2 Å². The van der Waals surface area contributed by atoms with Gasteiger partial charge in [0.2, 0.25) is 0 Å². The van der Waals surface area contributed by atoms with E-state index in [1.165, 1.54) is 6.92 Å². The van der Waals surface area contributed by atoms with Crippen LogP contribution in [0.5, 0.6) is 0 Å². The van der Waals surface area contributed by atoms with Crippen molar-refractivity contribution in [2.24, 2.45) is 5.73 Å². The molecule has 0 radical (unpaired) electrons. The third-order valence-electron chi connectivity index (χ3n) is 2.53. The summed E-state index contributed by atoms with van der Waals surface area (Å²) in [5, 5.41) is 0. The number of alkyl halides is 6. The summed E-state index contributed by atoms with van der Waals surface area (Å²) in [5.41, 5.74) is 2.57. The molecule has 7 heteroatoms. The van der Waals surface area contributed by atoms with E-state index >= 15 is 0 Å². The lowest BCUT2D eigenvalue weighted by Crippen LogP contribution is -2.15. The quantitative estimate of drug-likeness (QED) is 0.814. The Morgan fingerprint density at radius 1 is 0.944 bits per heavy atom. The Morgan fingerprint density at radius 3 is 1.61 bits per heavy atom. The van der Waals surface area contributed by atoms with Crippen molar-refractivity contribution in [1.82, 2.24) is 0 Å². The molecule has 1 unspecified atom stereocenters. The van der Waals surface area contributed by atoms with Crippen LogP contribution in [0.3, 0.4) is 0 Å². The Balaban J connectivity index is 3.39. The van der Waals surface area contributed by atoms with Crippen molar-refractivity contribution in [1.29, 1.82) is 0 Å². The van der Waals surface area contributed by atoms with Gasteiger partial charge < -0.3 is 5.73 Å². The molecule has 0 aliphatic heterocycles. The highest BCUT2D eigenvalue weighted by molar-refractivity contribution is 5.35. The summed E-state index contributed by atoms with van der Waals surface area (Å²) in [6.45, 7) is 1.44. The van der Waals surface area contributed by atoms with Crippen LogP contribution in [-0.4, -0.2) is 6.54 Å². The first-order valence-electron chi connectivity index (χ1n) is 5.05. The maximum atomic E-state index is 12.5. The van der Waals surface area contributed by atoms with E-state index in [1.54, 1.807) is 0 Å². The zero-order valence-corrected chi connectivity index (χ0v) is 9.36. The molecular weight excluding hydrogens is 260 g/mol. The van der Waals surface area contributed by atoms with Gasteiger partial charge in [-0.15, -0.1) is 0 Å². The van der Waals surface area contributed by atoms with Gasteiger partial charge >= 0.3 is 12.4 Å². The maximum absolute atomic E-state index is 12.5. The zero-order chi connectivity index (χ0) is 14.1. The van der Waals surface area contributed by atoms with Gasteiger partial charge in [-0.1, -0.05) is 6.92 Å². The van der Waals surface area contributed by atoms with Gasteiger partial charge in [-0.25, -0.2) is 0 Å². The molecule has 18 heavy (non-hydrogen) atoms. The van der Waals surface area contributed by atoms with Crippen molar-refractivity contribution in [2.75, 3.05) is 6.54 Å². The molecule has 0 fully saturated rings. The summed E-state index contributed by atoms with van der Waals surface area (Å²) in [6.07, 6.45) is -9.63. The maximum Gasteiger partial charge on any atom is 0.416 e. The van der Waals surface area contributed by atoms with Crippen LogP contribution in [0, 0.1) is 0 Å². The number of hydrogen-bond donors (Lipinski definition) is 1. The average Bonchev–Trinajstić information content (AvgIpc) is 2.25. The Hall–Kier alpha value is -1.24. The highest BCUT2D eigenvalue weighted by Gasteiger charge is 2.37. The van der Waals surface area contributed by atoms with Crippen molar-refractivity contribution >= 4 is 0 Å². The van der Waals surface area contributed by atoms with Crippen LogP contribution >= 0.6 is 0 Å². The first-order chi connectivity index (χ1) is 8.05. The van der Waals surface area contributed by atoms with Gasteiger partial charge in [0.05, 0.1) is 11.1 Å². The minimum Gasteiger partial charge on any atom is -0.330 e. The van der Waals surface area contributed by atoms with Gasteiger partial charge in [-0.3, -0.25) is 0 Å². The zero-order valence-electron chi connectivity index (χ0n) is 9.36. The van der Waals surface area contributed by atoms with E-state index in [9.17, 15) is 26.3 Å². The van der Waals surface area contributed by atoms with Gasteiger partial charge in [-0.2, -0.15) is 26.3 Å². The predicted molar refractivity (Wildman–Crippen MR) is 53.9 cm³/mol. The number of halogens is 6. The van der Waals surface area contributed by atoms with Crippen LogP contribution in [0.4, 0.5) is 26.3 Å². The molecule has 0 heterocycles. The number of rotatable bonds is 2. The van der Waals surface area contributed by atoms with Crippen LogP contribution in [0.15, 0.2) is 18.2 Å². The summed E-state index contributed by atoms with van der Waals surface area (Å²) >= 11 is 0. The number of benzene rings is 1. The fourth-order valence-electron chi connectivity index (χ4n) is 1.40. The molecule has 0 saturated heterocycles. The van der Waals surface area contributed by atoms with E-state index in [0.717, 1.165) is 0 Å². The van der Waals surface area contributed by atoms with Crippen LogP contribution in [0.25, 0.3) is 0 Å². The summed E-state index contributed by atoms with van der Waals surface area (Å²) in [4.78, 5) is 0. The third-order valence-corrected chi connectivity index (χ3v) is 2.53. The second kappa shape index (κ2) is 4.79. The highest BCUT2D eigenvalue weighted by atomic mass is 19.4. The second-order valence-corrected chi connectivity index (χ2v) is 3.98. The van der Waals surface area contributed by atoms with E-state index in [0.29, 0.717) is 12.1 Å². The van der Waals surface area contributed by atoms with Gasteiger partial charge in [0.25, 0.3) is 0 Å². The molecule has 1 atom stereocenters. The fourth-order valence-corrected chi connectivity index (χ4v) is 1.40. The Kier molecular flexibility index (Phi) is 3.95. The van der Waals surface area contributed by atoms with Crippen LogP contribution < -0.4 is 5.73 Å². The van der Waals surface area contributed by atoms with Crippen LogP contribution in [0.2, 0.25) is 0 Å². The summed E-state index contributed by atoms with van der Waals surface area (Å²) in [7, 11) is 0. The molecule has 0 aromatic heterocycles. The molecule has 102 valence electrons. The van der Waals surface area contributed by atoms with Gasteiger partial charge in [0.1, 0.15) is 0 Å². The van der Waals surface area contributed by atoms with Crippen LogP contribution in [-0.2, 0) is 12.4 Å². The Labute approximate surface area is 99.6 Å². The normalized spacial score (nSPS) is 14.7. The van der Waals surface area contributed by atoms with E-state index in [4.69, 9.17) is 5.73 Å². The topological polar surface area (TPSA) is 26.0 Å². The second-order valence-electron chi connectivity index (χ2n) is 3.98. The van der Waals surface area contributed by atoms with Gasteiger partial charge in [-0.05, 0) is 36.2 Å². The predicted octanol–water partition coefficient (Wildman–Crippen LogP) is 3.79. The first-order valence-corrected chi connectivity index (χ1v) is 5.05. The van der Waals surface area contributed by atoms with Crippen molar-refractivity contribution in [3.05, 3.63) is 34.9 Å². The lowest BCUT2D eigenvalue weighted by molar-refractivity contribution is -0.143. The monoisotopic (exact) mass is 271 g/mol. The molecule has 0 amide bonds. The van der Waals surface area contributed by atoms with Crippen molar-refractivity contribution < 1.29 is 26.3 Å². The summed E-state index contributed by atoms with van der Waals surface area (Å²) < 4.78 is 75.0. The fraction of sp³-hybridized carbons (Fsp3) is 0.455. The molecule has 0 bridgehead atoms. The van der Waals surface area contributed by atoms with E-state index in [2.05, 4.69) is 0 Å². The average molecular weight is 271 g/mol. The lowest BCUT2D eigenvalue weighted by atomic mass is 9.96. The molecule has 0 aliphatic carbocycles. The molecule has 1 nitrogen and oxygen atoms in total. The molecule has 1 aromatic rings. The summed E-state index contributed by atoms with van der Waals surface area (Å²) in [6, 6.07) is 1.51. The first kappa shape index (κ1) is 14.8. The Bertz CT molecular complexity index is 388. The van der Waals surface area contributed by atoms with Crippen LogP contribution in [0.1, 0.15) is 29.5 Å². The summed E-state index contributed by atoms with van der Waals surface area (Å²) in [5.74, 6) is -0.576. The number of hydrogen-bond acceptors (Lipinski definition) is 1. The van der Waals surface area contributed by atoms with E-state index in [-0.39, 0.29) is 18.2 Å². The molecular formula is C11H11F6N. The number of nitrogens with two attached hydrogens (primary N) is 1. The van der Waals surface area contributed by atoms with Crippen molar-refractivity contribution in [3.8, 4) is 0 Å². The molecule has 0 aliphatic rings. The molecule has 1 aromatic carbocycles. The minimum absolute atomic E-state index is 0.0292. The van der Waals surface area contributed by atoms with Gasteiger partial charge in [0, 0.05) is 0 Å². The third kappa shape index (κ3) is 3.38. The Morgan fingerprint density at radius 2 is 1.33 bits per heavy atom. The lowest BCUT2D eigenvalue weighted by Gasteiger charge is -2.16. The SMILES string of the molecule is CC(CN)c1cc(C(F)(F)F)cc(C(F)(F)F)c1. The molecule has 0 spiro atoms. The van der Waals surface area contributed by atoms with E-state index in [1.807, 2.05) is 0 Å².